The molecule has 1 heterocycles. The van der Waals surface area contributed by atoms with Crippen LogP contribution in [0.4, 0.5) is 0 Å². The van der Waals surface area contributed by atoms with Crippen LogP contribution in [0.2, 0.25) is 0 Å². The number of piperidine rings is 1. The fourth-order valence-corrected chi connectivity index (χ4v) is 3.40. The molecule has 1 aliphatic heterocycles. The molecular formula is C17H35N. The molecule has 1 rings (SSSR count). The first-order chi connectivity index (χ1) is 7.83. The summed E-state index contributed by atoms with van der Waals surface area (Å²) in [7, 11) is 0. The van der Waals surface area contributed by atoms with Gasteiger partial charge in [0, 0.05) is 12.1 Å². The number of hydrogen-bond donors (Lipinski definition) is 1. The molecule has 3 unspecified atom stereocenters. The summed E-state index contributed by atoms with van der Waals surface area (Å²) in [6, 6.07) is 1.27. The minimum absolute atomic E-state index is 0.335. The zero-order valence-corrected chi connectivity index (χ0v) is 14.1. The first-order valence-electron chi connectivity index (χ1n) is 7.59. The van der Waals surface area contributed by atoms with E-state index in [-0.39, 0.29) is 0 Å². The van der Waals surface area contributed by atoms with Crippen molar-refractivity contribution in [2.24, 2.45) is 22.2 Å². The molecule has 0 aliphatic carbocycles. The van der Waals surface area contributed by atoms with E-state index in [1.54, 1.807) is 0 Å². The van der Waals surface area contributed by atoms with Crippen molar-refractivity contribution in [3.63, 3.8) is 0 Å². The van der Waals surface area contributed by atoms with Crippen molar-refractivity contribution in [3.05, 3.63) is 0 Å². The van der Waals surface area contributed by atoms with Crippen LogP contribution in [0.15, 0.2) is 0 Å². The predicted molar refractivity (Wildman–Crippen MR) is 81.8 cm³/mol. The van der Waals surface area contributed by atoms with Crippen LogP contribution in [-0.4, -0.2) is 12.1 Å². The van der Waals surface area contributed by atoms with Crippen LogP contribution in [0.5, 0.6) is 0 Å². The Morgan fingerprint density at radius 2 is 1.17 bits per heavy atom. The van der Waals surface area contributed by atoms with E-state index in [1.807, 2.05) is 0 Å². The third-order valence-corrected chi connectivity index (χ3v) is 4.64. The molecule has 108 valence electrons. The van der Waals surface area contributed by atoms with E-state index in [0.717, 1.165) is 5.92 Å². The Bertz CT molecular complexity index is 271. The highest BCUT2D eigenvalue weighted by atomic mass is 15.0. The van der Waals surface area contributed by atoms with Gasteiger partial charge < -0.3 is 5.32 Å². The number of hydrogen-bond acceptors (Lipinski definition) is 1. The molecular weight excluding hydrogens is 218 g/mol. The van der Waals surface area contributed by atoms with Crippen LogP contribution in [0, 0.1) is 22.2 Å². The lowest BCUT2D eigenvalue weighted by Gasteiger charge is -2.52. The van der Waals surface area contributed by atoms with Crippen LogP contribution in [0.1, 0.15) is 75.2 Å². The van der Waals surface area contributed by atoms with Crippen molar-refractivity contribution in [1.82, 2.24) is 5.32 Å². The van der Waals surface area contributed by atoms with E-state index in [4.69, 9.17) is 0 Å². The van der Waals surface area contributed by atoms with Crippen molar-refractivity contribution in [3.8, 4) is 0 Å². The molecule has 0 amide bonds. The highest BCUT2D eigenvalue weighted by Gasteiger charge is 2.44. The molecule has 1 nitrogen and oxygen atoms in total. The molecule has 1 saturated heterocycles. The smallest absolute Gasteiger partial charge is 0.0152 e. The average Bonchev–Trinajstić information content (AvgIpc) is 2.12. The van der Waals surface area contributed by atoms with Gasteiger partial charge in [0.15, 0.2) is 0 Å². The topological polar surface area (TPSA) is 12.0 Å². The summed E-state index contributed by atoms with van der Waals surface area (Å²) in [4.78, 5) is 0. The molecule has 0 spiro atoms. The average molecular weight is 253 g/mol. The van der Waals surface area contributed by atoms with Gasteiger partial charge >= 0.3 is 0 Å². The second kappa shape index (κ2) is 4.81. The zero-order valence-electron chi connectivity index (χ0n) is 14.1. The Labute approximate surface area is 115 Å². The maximum atomic E-state index is 3.99. The molecule has 0 aromatic carbocycles. The van der Waals surface area contributed by atoms with Gasteiger partial charge in [-0.15, -0.1) is 0 Å². The van der Waals surface area contributed by atoms with Crippen molar-refractivity contribution in [1.29, 1.82) is 0 Å². The second-order valence-corrected chi connectivity index (χ2v) is 9.48. The van der Waals surface area contributed by atoms with Crippen molar-refractivity contribution in [2.45, 2.75) is 87.2 Å². The molecule has 1 N–H and O–H groups in total. The summed E-state index contributed by atoms with van der Waals surface area (Å²) in [6.07, 6.45) is 2.68. The largest absolute Gasteiger partial charge is 0.310 e. The van der Waals surface area contributed by atoms with Crippen molar-refractivity contribution >= 4 is 0 Å². The second-order valence-electron chi connectivity index (χ2n) is 9.48. The lowest BCUT2D eigenvalue weighted by molar-refractivity contribution is 0.0297. The van der Waals surface area contributed by atoms with E-state index in [9.17, 15) is 0 Å². The minimum atomic E-state index is 0.335. The third kappa shape index (κ3) is 3.73. The first kappa shape index (κ1) is 16.0. The summed E-state index contributed by atoms with van der Waals surface area (Å²) in [6.45, 7) is 21.4. The molecule has 1 heteroatoms. The quantitative estimate of drug-likeness (QED) is 0.650. The Hall–Kier alpha value is -0.0400. The Morgan fingerprint density at radius 1 is 0.667 bits per heavy atom. The van der Waals surface area contributed by atoms with Crippen molar-refractivity contribution in [2.75, 3.05) is 0 Å². The van der Waals surface area contributed by atoms with Crippen LogP contribution < -0.4 is 5.32 Å². The minimum Gasteiger partial charge on any atom is -0.310 e. The van der Waals surface area contributed by atoms with Gasteiger partial charge in [-0.3, -0.25) is 0 Å². The molecule has 0 bridgehead atoms. The van der Waals surface area contributed by atoms with E-state index < -0.39 is 0 Å². The van der Waals surface area contributed by atoms with Gasteiger partial charge in [-0.1, -0.05) is 62.3 Å². The molecule has 1 aliphatic rings. The molecule has 0 aromatic rings. The fourth-order valence-electron chi connectivity index (χ4n) is 3.40. The van der Waals surface area contributed by atoms with Gasteiger partial charge in [-0.05, 0) is 35.0 Å². The van der Waals surface area contributed by atoms with E-state index in [0.29, 0.717) is 28.3 Å². The third-order valence-electron chi connectivity index (χ3n) is 4.64. The highest BCUT2D eigenvalue weighted by Crippen LogP contribution is 2.44. The van der Waals surface area contributed by atoms with Gasteiger partial charge in [0.1, 0.15) is 0 Å². The summed E-state index contributed by atoms with van der Waals surface area (Å²) in [5.41, 5.74) is 1.10. The van der Waals surface area contributed by atoms with Gasteiger partial charge in [0.25, 0.3) is 0 Å². The number of nitrogens with one attached hydrogen (secondary N) is 1. The summed E-state index contributed by atoms with van der Waals surface area (Å²) in [5, 5.41) is 3.99. The van der Waals surface area contributed by atoms with Gasteiger partial charge in [-0.2, -0.15) is 0 Å². The van der Waals surface area contributed by atoms with Crippen LogP contribution in [0.25, 0.3) is 0 Å². The summed E-state index contributed by atoms with van der Waals surface area (Å²) in [5.74, 6) is 0.774. The Balaban J connectivity index is 2.94. The summed E-state index contributed by atoms with van der Waals surface area (Å²) < 4.78 is 0. The highest BCUT2D eigenvalue weighted by molar-refractivity contribution is 4.99. The Kier molecular flexibility index (Phi) is 4.28. The predicted octanol–water partition coefficient (Wildman–Crippen LogP) is 4.86. The molecule has 0 saturated carbocycles. The molecule has 3 atom stereocenters. The lowest BCUT2D eigenvalue weighted by atomic mass is 9.62. The maximum Gasteiger partial charge on any atom is 0.0152 e. The first-order valence-corrected chi connectivity index (χ1v) is 7.59. The maximum absolute atomic E-state index is 3.99. The summed E-state index contributed by atoms with van der Waals surface area (Å²) >= 11 is 0. The normalized spacial score (nSPS) is 31.5. The van der Waals surface area contributed by atoms with Crippen molar-refractivity contribution < 1.29 is 0 Å². The SMILES string of the molecule is CC(C)(C)C1CCC(C(C)(C)C)C(C(C)(C)C)N1. The van der Waals surface area contributed by atoms with Gasteiger partial charge in [-0.25, -0.2) is 0 Å². The van der Waals surface area contributed by atoms with Crippen LogP contribution in [-0.2, 0) is 0 Å². The number of rotatable bonds is 0. The molecule has 0 aromatic heterocycles. The van der Waals surface area contributed by atoms with Gasteiger partial charge in [0.2, 0.25) is 0 Å². The van der Waals surface area contributed by atoms with Crippen LogP contribution in [0.3, 0.4) is 0 Å². The molecule has 18 heavy (non-hydrogen) atoms. The standard InChI is InChI=1S/C17H35N/c1-15(2,3)12-10-11-13(16(4,5)6)18-14(12)17(7,8)9/h12-14,18H,10-11H2,1-9H3. The zero-order chi connectivity index (χ0) is 14.4. The van der Waals surface area contributed by atoms with E-state index in [2.05, 4.69) is 67.6 Å². The van der Waals surface area contributed by atoms with E-state index >= 15 is 0 Å². The molecule has 0 radical (unpaired) electrons. The fraction of sp³-hybridized carbons (Fsp3) is 1.00. The van der Waals surface area contributed by atoms with Crippen LogP contribution >= 0.6 is 0 Å². The Morgan fingerprint density at radius 3 is 1.50 bits per heavy atom. The van der Waals surface area contributed by atoms with E-state index in [1.165, 1.54) is 12.8 Å². The van der Waals surface area contributed by atoms with Gasteiger partial charge in [0.05, 0.1) is 0 Å². The lowest BCUT2D eigenvalue weighted by Crippen LogP contribution is -2.59. The molecule has 1 fully saturated rings. The monoisotopic (exact) mass is 253 g/mol.